The van der Waals surface area contributed by atoms with Gasteiger partial charge in [-0.05, 0) is 92.8 Å². The van der Waals surface area contributed by atoms with Crippen LogP contribution in [0.5, 0.6) is 0 Å². The van der Waals surface area contributed by atoms with Crippen LogP contribution in [0.2, 0.25) is 0 Å². The van der Waals surface area contributed by atoms with Crippen LogP contribution in [0.15, 0.2) is 0 Å². The molecule has 4 saturated carbocycles. The molecule has 188 valence electrons. The fraction of sp³-hybridized carbons (Fsp3) is 0.923. The van der Waals surface area contributed by atoms with E-state index < -0.39 is 0 Å². The summed E-state index contributed by atoms with van der Waals surface area (Å²) in [6, 6.07) is 0.0827. The van der Waals surface area contributed by atoms with E-state index in [-0.39, 0.29) is 46.5 Å². The Hall–Kier alpha value is -1.34. The normalized spacial score (nSPS) is 45.2. The molecular formula is C26H46N3O4+. The number of methoxy groups -OCH3 is 1. The fourth-order valence-corrected chi connectivity index (χ4v) is 8.65. The number of carbonyl (C=O) groups excluding carboxylic acids is 2. The maximum Gasteiger partial charge on any atom is 0.407 e. The van der Waals surface area contributed by atoms with Crippen LogP contribution < -0.4 is 16.8 Å². The number of ether oxygens (including phenoxy) is 2. The summed E-state index contributed by atoms with van der Waals surface area (Å²) in [4.78, 5) is 25.0. The number of esters is 1. The molecule has 7 heteroatoms. The largest absolute Gasteiger partial charge is 0.469 e. The number of rotatable bonds is 5. The van der Waals surface area contributed by atoms with Gasteiger partial charge in [-0.2, -0.15) is 0 Å². The first kappa shape index (κ1) is 24.8. The standard InChI is InChI=1S/C26H45N3O4/c1-5-17(15-27)29-23(31)33-18-8-11-24(2)16(14-18)6-7-20-19(24)9-12-25(3)21(22(30)32-4)10-13-26(20,25)28/h16-21H,5-15,27-28H2,1-4H3,(H,29,31)/p+1. The topological polar surface area (TPSA) is 118 Å². The molecule has 0 aromatic carbocycles. The molecule has 33 heavy (non-hydrogen) atoms. The Bertz CT molecular complexity index is 758. The molecule has 9 unspecified atom stereocenters. The molecule has 6 N–H and O–H groups in total. The molecule has 4 aliphatic carbocycles. The maximum atomic E-state index is 12.6. The summed E-state index contributed by atoms with van der Waals surface area (Å²) in [6.45, 7) is 7.46. The summed E-state index contributed by atoms with van der Waals surface area (Å²) in [5, 5.41) is 2.96. The van der Waals surface area contributed by atoms with E-state index in [2.05, 4.69) is 31.8 Å². The van der Waals surface area contributed by atoms with Crippen LogP contribution in [-0.4, -0.2) is 43.4 Å². The van der Waals surface area contributed by atoms with Crippen LogP contribution >= 0.6 is 0 Å². The molecule has 0 aromatic heterocycles. The van der Waals surface area contributed by atoms with E-state index in [1.54, 1.807) is 0 Å². The number of hydrogen-bond donors (Lipinski definition) is 3. The summed E-state index contributed by atoms with van der Waals surface area (Å²) in [5.41, 5.74) is 11.0. The van der Waals surface area contributed by atoms with Gasteiger partial charge in [-0.1, -0.05) is 20.8 Å². The SMILES string of the molecule is CCC(C[NH3+])NC(=O)OC1CCC2(C)C(CCC3C2CCC2(C)C(C(=O)OC)CCC32N)C1. The molecule has 1 amide bonds. The van der Waals surface area contributed by atoms with E-state index in [1.165, 1.54) is 7.11 Å². The van der Waals surface area contributed by atoms with E-state index in [1.807, 2.05) is 0 Å². The van der Waals surface area contributed by atoms with Gasteiger partial charge < -0.3 is 26.3 Å². The Kier molecular flexibility index (Phi) is 6.78. The number of carbonyl (C=O) groups is 2. The minimum absolute atomic E-state index is 0.00201. The van der Waals surface area contributed by atoms with Crippen molar-refractivity contribution in [3.63, 3.8) is 0 Å². The number of nitrogens with two attached hydrogens (primary N) is 1. The Labute approximate surface area is 199 Å². The summed E-state index contributed by atoms with van der Waals surface area (Å²) in [6.07, 6.45) is 9.67. The van der Waals surface area contributed by atoms with Crippen LogP contribution in [0.4, 0.5) is 4.79 Å². The summed E-state index contributed by atoms with van der Waals surface area (Å²) in [5.74, 6) is 1.44. The highest BCUT2D eigenvalue weighted by Crippen LogP contribution is 2.68. The van der Waals surface area contributed by atoms with Gasteiger partial charge in [0.15, 0.2) is 0 Å². The first-order valence-electron chi connectivity index (χ1n) is 13.3. The van der Waals surface area contributed by atoms with E-state index >= 15 is 0 Å². The smallest absolute Gasteiger partial charge is 0.407 e. The summed E-state index contributed by atoms with van der Waals surface area (Å²) < 4.78 is 11.0. The van der Waals surface area contributed by atoms with Crippen molar-refractivity contribution < 1.29 is 24.8 Å². The van der Waals surface area contributed by atoms with Crippen molar-refractivity contribution in [2.45, 2.75) is 103 Å². The van der Waals surface area contributed by atoms with E-state index in [9.17, 15) is 9.59 Å². The molecule has 0 saturated heterocycles. The molecule has 0 aliphatic heterocycles. The van der Waals surface area contributed by atoms with Crippen molar-refractivity contribution in [2.24, 2.45) is 40.2 Å². The number of amides is 1. The maximum absolute atomic E-state index is 12.6. The molecule has 0 heterocycles. The lowest BCUT2D eigenvalue weighted by Gasteiger charge is -2.64. The lowest BCUT2D eigenvalue weighted by molar-refractivity contribution is -0.372. The first-order valence-corrected chi connectivity index (χ1v) is 13.3. The van der Waals surface area contributed by atoms with Crippen molar-refractivity contribution in [1.29, 1.82) is 0 Å². The quantitative estimate of drug-likeness (QED) is 0.541. The van der Waals surface area contributed by atoms with Crippen molar-refractivity contribution in [3.8, 4) is 0 Å². The van der Waals surface area contributed by atoms with Gasteiger partial charge in [0.25, 0.3) is 0 Å². The molecule has 7 nitrogen and oxygen atoms in total. The Morgan fingerprint density at radius 1 is 1.09 bits per heavy atom. The number of nitrogens with one attached hydrogen (secondary N) is 1. The third kappa shape index (κ3) is 3.87. The molecule has 4 fully saturated rings. The fourth-order valence-electron chi connectivity index (χ4n) is 8.65. The molecule has 0 radical (unpaired) electrons. The average Bonchev–Trinajstić information content (AvgIpc) is 3.08. The number of alkyl carbamates (subject to hydrolysis) is 1. The zero-order valence-corrected chi connectivity index (χ0v) is 21.2. The molecule has 4 aliphatic rings. The van der Waals surface area contributed by atoms with E-state index in [0.717, 1.165) is 64.2 Å². The predicted molar refractivity (Wildman–Crippen MR) is 126 cm³/mol. The Balaban J connectivity index is 1.45. The van der Waals surface area contributed by atoms with Crippen molar-refractivity contribution in [3.05, 3.63) is 0 Å². The van der Waals surface area contributed by atoms with Crippen molar-refractivity contribution in [2.75, 3.05) is 13.7 Å². The third-order valence-electron chi connectivity index (χ3n) is 10.9. The molecule has 9 atom stereocenters. The third-order valence-corrected chi connectivity index (χ3v) is 10.9. The van der Waals surface area contributed by atoms with Crippen molar-refractivity contribution >= 4 is 12.1 Å². The van der Waals surface area contributed by atoms with Crippen LogP contribution in [0, 0.1) is 34.5 Å². The zero-order chi connectivity index (χ0) is 24.0. The molecular weight excluding hydrogens is 418 g/mol. The van der Waals surface area contributed by atoms with Gasteiger partial charge in [0, 0.05) is 5.54 Å². The number of hydrogen-bond acceptors (Lipinski definition) is 5. The second kappa shape index (κ2) is 9.03. The van der Waals surface area contributed by atoms with Crippen LogP contribution in [0.3, 0.4) is 0 Å². The molecule has 0 aromatic rings. The first-order chi connectivity index (χ1) is 15.6. The predicted octanol–water partition coefficient (Wildman–Crippen LogP) is 3.01. The minimum Gasteiger partial charge on any atom is -0.469 e. The second-order valence-electron chi connectivity index (χ2n) is 11.9. The number of fused-ring (bicyclic) bond motifs is 5. The summed E-state index contributed by atoms with van der Waals surface area (Å²) in [7, 11) is 1.50. The Morgan fingerprint density at radius 3 is 2.52 bits per heavy atom. The van der Waals surface area contributed by atoms with E-state index in [4.69, 9.17) is 15.2 Å². The zero-order valence-electron chi connectivity index (χ0n) is 21.2. The second-order valence-corrected chi connectivity index (χ2v) is 11.9. The highest BCUT2D eigenvalue weighted by atomic mass is 16.6. The minimum atomic E-state index is -0.292. The van der Waals surface area contributed by atoms with Crippen molar-refractivity contribution in [1.82, 2.24) is 5.32 Å². The van der Waals surface area contributed by atoms with Gasteiger partial charge in [-0.15, -0.1) is 0 Å². The van der Waals surface area contributed by atoms with Crippen LogP contribution in [0.25, 0.3) is 0 Å². The average molecular weight is 465 g/mol. The highest BCUT2D eigenvalue weighted by molar-refractivity contribution is 5.74. The van der Waals surface area contributed by atoms with Gasteiger partial charge >= 0.3 is 12.1 Å². The highest BCUT2D eigenvalue weighted by Gasteiger charge is 2.67. The van der Waals surface area contributed by atoms with Gasteiger partial charge in [-0.25, -0.2) is 4.79 Å². The van der Waals surface area contributed by atoms with Crippen LogP contribution in [-0.2, 0) is 14.3 Å². The van der Waals surface area contributed by atoms with Crippen LogP contribution in [0.1, 0.15) is 85.0 Å². The monoisotopic (exact) mass is 464 g/mol. The lowest BCUT2D eigenvalue weighted by Crippen LogP contribution is -2.66. The van der Waals surface area contributed by atoms with Gasteiger partial charge in [0.1, 0.15) is 6.10 Å². The van der Waals surface area contributed by atoms with Gasteiger partial charge in [0.05, 0.1) is 25.6 Å². The lowest BCUT2D eigenvalue weighted by atomic mass is 9.42. The number of quaternary nitrogens is 1. The molecule has 4 rings (SSSR count). The van der Waals surface area contributed by atoms with Gasteiger partial charge in [0.2, 0.25) is 0 Å². The summed E-state index contributed by atoms with van der Waals surface area (Å²) >= 11 is 0. The van der Waals surface area contributed by atoms with Gasteiger partial charge in [-0.3, -0.25) is 4.79 Å². The molecule has 0 spiro atoms. The molecule has 0 bridgehead atoms. The Morgan fingerprint density at radius 2 is 1.85 bits per heavy atom. The van der Waals surface area contributed by atoms with E-state index in [0.29, 0.717) is 24.3 Å².